The average molecular weight is 286 g/mol. The second kappa shape index (κ2) is 6.10. The van der Waals surface area contributed by atoms with Crippen molar-refractivity contribution in [3.63, 3.8) is 0 Å². The van der Waals surface area contributed by atoms with E-state index < -0.39 is 0 Å². The first-order valence-corrected chi connectivity index (χ1v) is 8.66. The van der Waals surface area contributed by atoms with Gasteiger partial charge in [0.25, 0.3) is 0 Å². The Balaban J connectivity index is 1.79. The van der Waals surface area contributed by atoms with E-state index in [9.17, 15) is 0 Å². The summed E-state index contributed by atoms with van der Waals surface area (Å²) in [6.07, 6.45) is 5.26. The van der Waals surface area contributed by atoms with E-state index in [1.807, 2.05) is 0 Å². The zero-order valence-corrected chi connectivity index (χ0v) is 13.9. The molecule has 2 heteroatoms. The molecular weight excluding hydrogens is 256 g/mol. The summed E-state index contributed by atoms with van der Waals surface area (Å²) >= 11 is 0. The van der Waals surface area contributed by atoms with Crippen LogP contribution < -0.4 is 5.32 Å². The molecule has 116 valence electrons. The molecular formula is C19H30N2. The molecule has 0 saturated carbocycles. The van der Waals surface area contributed by atoms with E-state index in [2.05, 4.69) is 55.3 Å². The summed E-state index contributed by atoms with van der Waals surface area (Å²) in [5, 5.41) is 3.75. The molecule has 2 atom stereocenters. The molecule has 0 aromatic heterocycles. The van der Waals surface area contributed by atoms with Crippen LogP contribution in [0.5, 0.6) is 0 Å². The van der Waals surface area contributed by atoms with Gasteiger partial charge in [-0.25, -0.2) is 0 Å². The van der Waals surface area contributed by atoms with Crippen LogP contribution in [0, 0.1) is 5.41 Å². The zero-order chi connectivity index (χ0) is 14.9. The van der Waals surface area contributed by atoms with Crippen molar-refractivity contribution in [2.75, 3.05) is 19.6 Å². The second-order valence-electron chi connectivity index (χ2n) is 7.56. The topological polar surface area (TPSA) is 15.3 Å². The fourth-order valence-corrected chi connectivity index (χ4v) is 4.16. The van der Waals surface area contributed by atoms with Crippen LogP contribution in [0.2, 0.25) is 0 Å². The van der Waals surface area contributed by atoms with Crippen molar-refractivity contribution >= 4 is 0 Å². The van der Waals surface area contributed by atoms with Crippen molar-refractivity contribution in [3.05, 3.63) is 35.4 Å². The van der Waals surface area contributed by atoms with E-state index in [0.29, 0.717) is 17.5 Å². The normalized spacial score (nSPS) is 29.1. The molecule has 0 amide bonds. The number of likely N-dealkylation sites (N-methyl/N-ethyl adjacent to an activating group) is 1. The van der Waals surface area contributed by atoms with Gasteiger partial charge in [0.15, 0.2) is 0 Å². The molecule has 1 N–H and O–H groups in total. The summed E-state index contributed by atoms with van der Waals surface area (Å²) < 4.78 is 0. The van der Waals surface area contributed by atoms with Gasteiger partial charge in [-0.3, -0.25) is 4.90 Å². The first kappa shape index (κ1) is 15.1. The third-order valence-electron chi connectivity index (χ3n) is 5.47. The lowest BCUT2D eigenvalue weighted by Gasteiger charge is -2.33. The van der Waals surface area contributed by atoms with Crippen LogP contribution in [0.4, 0.5) is 0 Å². The van der Waals surface area contributed by atoms with Gasteiger partial charge >= 0.3 is 0 Å². The van der Waals surface area contributed by atoms with E-state index in [1.165, 1.54) is 44.3 Å². The Hall–Kier alpha value is -0.860. The lowest BCUT2D eigenvalue weighted by molar-refractivity contribution is 0.166. The van der Waals surface area contributed by atoms with E-state index in [-0.39, 0.29) is 0 Å². The van der Waals surface area contributed by atoms with Crippen molar-refractivity contribution in [1.82, 2.24) is 10.2 Å². The number of hydrogen-bond donors (Lipinski definition) is 1. The average Bonchev–Trinajstić information content (AvgIpc) is 2.71. The smallest absolute Gasteiger partial charge is 0.0484 e. The number of nitrogens with zero attached hydrogens (tertiary/aromatic N) is 1. The van der Waals surface area contributed by atoms with Gasteiger partial charge in [-0.1, -0.05) is 45.0 Å². The van der Waals surface area contributed by atoms with Gasteiger partial charge < -0.3 is 5.32 Å². The van der Waals surface area contributed by atoms with Gasteiger partial charge in [-0.05, 0) is 61.9 Å². The molecule has 2 unspecified atom stereocenters. The van der Waals surface area contributed by atoms with Crippen molar-refractivity contribution in [1.29, 1.82) is 0 Å². The number of fused-ring (bicyclic) bond motifs is 1. The number of nitrogens with one attached hydrogen (secondary N) is 1. The molecule has 1 heterocycles. The molecule has 1 aromatic carbocycles. The molecule has 2 nitrogen and oxygen atoms in total. The first-order valence-electron chi connectivity index (χ1n) is 8.66. The molecule has 1 saturated heterocycles. The van der Waals surface area contributed by atoms with Gasteiger partial charge in [0.1, 0.15) is 0 Å². The molecule has 1 aliphatic heterocycles. The highest BCUT2D eigenvalue weighted by atomic mass is 15.2. The van der Waals surface area contributed by atoms with Crippen LogP contribution in [-0.4, -0.2) is 30.6 Å². The molecule has 0 bridgehead atoms. The van der Waals surface area contributed by atoms with Crippen molar-refractivity contribution in [2.45, 2.75) is 58.5 Å². The van der Waals surface area contributed by atoms with Crippen LogP contribution in [0.25, 0.3) is 0 Å². The fourth-order valence-electron chi connectivity index (χ4n) is 4.16. The summed E-state index contributed by atoms with van der Waals surface area (Å²) in [4.78, 5) is 2.77. The quantitative estimate of drug-likeness (QED) is 0.910. The minimum Gasteiger partial charge on any atom is -0.309 e. The highest BCUT2D eigenvalue weighted by molar-refractivity contribution is 5.37. The maximum atomic E-state index is 3.75. The summed E-state index contributed by atoms with van der Waals surface area (Å²) in [6.45, 7) is 10.7. The predicted octanol–water partition coefficient (Wildman–Crippen LogP) is 3.77. The number of benzene rings is 1. The molecule has 1 aliphatic carbocycles. The minimum absolute atomic E-state index is 0.521. The number of hydrogen-bond acceptors (Lipinski definition) is 2. The lowest BCUT2D eigenvalue weighted by Crippen LogP contribution is -2.43. The lowest BCUT2D eigenvalue weighted by atomic mass is 9.85. The monoisotopic (exact) mass is 286 g/mol. The fraction of sp³-hybridized carbons (Fsp3) is 0.684. The number of likely N-dealkylation sites (tertiary alicyclic amines) is 1. The zero-order valence-electron chi connectivity index (χ0n) is 13.9. The summed E-state index contributed by atoms with van der Waals surface area (Å²) in [6, 6.07) is 10.2. The molecule has 2 aliphatic rings. The van der Waals surface area contributed by atoms with Crippen molar-refractivity contribution < 1.29 is 0 Å². The van der Waals surface area contributed by atoms with Crippen molar-refractivity contribution in [3.8, 4) is 0 Å². The van der Waals surface area contributed by atoms with Crippen LogP contribution in [-0.2, 0) is 6.42 Å². The Morgan fingerprint density at radius 2 is 2.00 bits per heavy atom. The standard InChI is InChI=1S/C19H30N2/c1-4-20-18-16-9-6-5-8-15(16)14-17(18)21-12-7-10-19(2,3)11-13-21/h5-6,8-9,17-18,20H,4,7,10-14H2,1-3H3. The van der Waals surface area contributed by atoms with Gasteiger partial charge in [0.2, 0.25) is 0 Å². The molecule has 0 spiro atoms. The predicted molar refractivity (Wildman–Crippen MR) is 89.6 cm³/mol. The second-order valence-corrected chi connectivity index (χ2v) is 7.56. The van der Waals surface area contributed by atoms with E-state index in [4.69, 9.17) is 0 Å². The van der Waals surface area contributed by atoms with E-state index in [0.717, 1.165) is 6.54 Å². The van der Waals surface area contributed by atoms with Crippen LogP contribution in [0.15, 0.2) is 24.3 Å². The maximum absolute atomic E-state index is 3.75. The highest BCUT2D eigenvalue weighted by Gasteiger charge is 2.37. The minimum atomic E-state index is 0.521. The SMILES string of the molecule is CCNC1c2ccccc2CC1N1CCCC(C)(C)CC1. The summed E-state index contributed by atoms with van der Waals surface area (Å²) in [5.41, 5.74) is 3.61. The largest absolute Gasteiger partial charge is 0.309 e. The van der Waals surface area contributed by atoms with Crippen LogP contribution >= 0.6 is 0 Å². The van der Waals surface area contributed by atoms with Crippen LogP contribution in [0.3, 0.4) is 0 Å². The highest BCUT2D eigenvalue weighted by Crippen LogP contribution is 2.37. The maximum Gasteiger partial charge on any atom is 0.0484 e. The van der Waals surface area contributed by atoms with E-state index in [1.54, 1.807) is 5.56 Å². The first-order chi connectivity index (χ1) is 10.1. The molecule has 0 radical (unpaired) electrons. The number of rotatable bonds is 3. The third-order valence-corrected chi connectivity index (χ3v) is 5.47. The Kier molecular flexibility index (Phi) is 4.37. The van der Waals surface area contributed by atoms with Gasteiger partial charge in [0, 0.05) is 12.1 Å². The Bertz CT molecular complexity index is 480. The molecule has 21 heavy (non-hydrogen) atoms. The summed E-state index contributed by atoms with van der Waals surface area (Å²) in [5.74, 6) is 0. The Labute approximate surface area is 129 Å². The van der Waals surface area contributed by atoms with E-state index >= 15 is 0 Å². The van der Waals surface area contributed by atoms with Gasteiger partial charge in [-0.2, -0.15) is 0 Å². The van der Waals surface area contributed by atoms with Gasteiger partial charge in [-0.15, -0.1) is 0 Å². The Morgan fingerprint density at radius 1 is 1.19 bits per heavy atom. The summed E-state index contributed by atoms with van der Waals surface area (Å²) in [7, 11) is 0. The Morgan fingerprint density at radius 3 is 2.81 bits per heavy atom. The molecule has 1 fully saturated rings. The molecule has 3 rings (SSSR count). The molecule has 1 aromatic rings. The van der Waals surface area contributed by atoms with Gasteiger partial charge in [0.05, 0.1) is 0 Å². The van der Waals surface area contributed by atoms with Crippen LogP contribution in [0.1, 0.15) is 57.2 Å². The third kappa shape index (κ3) is 3.17. The van der Waals surface area contributed by atoms with Crippen molar-refractivity contribution in [2.24, 2.45) is 5.41 Å².